The molecule has 2 N–H and O–H groups in total. The molecule has 0 bridgehead atoms. The van der Waals surface area contributed by atoms with E-state index in [1.807, 2.05) is 13.8 Å². The van der Waals surface area contributed by atoms with Gasteiger partial charge in [0.1, 0.15) is 5.82 Å². The van der Waals surface area contributed by atoms with Gasteiger partial charge in [0.25, 0.3) is 0 Å². The lowest BCUT2D eigenvalue weighted by molar-refractivity contribution is -0.138. The predicted octanol–water partition coefficient (Wildman–Crippen LogP) is 4.52. The zero-order chi connectivity index (χ0) is 13.1. The number of benzene rings is 1. The molecular weight excluding hydrogens is 290 g/mol. The third-order valence-corrected chi connectivity index (χ3v) is 2.39. The Hall–Kier alpha value is -0.780. The van der Waals surface area contributed by atoms with Crippen molar-refractivity contribution in [1.29, 1.82) is 0 Å². The third kappa shape index (κ3) is 3.10. The quantitative estimate of drug-likeness (QED) is 0.553. The molecule has 0 amide bonds. The molecule has 92 valence electrons. The van der Waals surface area contributed by atoms with E-state index in [1.54, 1.807) is 0 Å². The molecule has 16 heavy (non-hydrogen) atoms. The van der Waals surface area contributed by atoms with Crippen LogP contribution in [0, 0.1) is 12.7 Å². The first-order valence-electron chi connectivity index (χ1n) is 4.56. The summed E-state index contributed by atoms with van der Waals surface area (Å²) in [6.07, 6.45) is -4.59. The van der Waals surface area contributed by atoms with E-state index in [-0.39, 0.29) is 10.2 Å². The molecule has 0 atom stereocenters. The Morgan fingerprint density at radius 2 is 1.69 bits per heavy atom. The summed E-state index contributed by atoms with van der Waals surface area (Å²) in [5.74, 6) is -1.03. The van der Waals surface area contributed by atoms with Crippen molar-refractivity contribution in [3.05, 3.63) is 27.5 Å². The zero-order valence-electron chi connectivity index (χ0n) is 9.04. The summed E-state index contributed by atoms with van der Waals surface area (Å²) in [6, 6.07) is 0.908. The van der Waals surface area contributed by atoms with Crippen molar-refractivity contribution in [3.63, 3.8) is 0 Å². The van der Waals surface area contributed by atoms with Crippen molar-refractivity contribution in [2.75, 3.05) is 5.73 Å². The maximum atomic E-state index is 13.1. The Balaban J connectivity index is 0.00000106. The molecule has 1 aromatic rings. The molecule has 0 saturated heterocycles. The Labute approximate surface area is 99.8 Å². The third-order valence-electron chi connectivity index (χ3n) is 1.76. The van der Waals surface area contributed by atoms with Crippen molar-refractivity contribution >= 4 is 21.6 Å². The number of alkyl halides is 3. The van der Waals surface area contributed by atoms with Crippen LogP contribution in [0.5, 0.6) is 0 Å². The van der Waals surface area contributed by atoms with Gasteiger partial charge in [-0.2, -0.15) is 13.2 Å². The molecule has 0 aliphatic carbocycles. The van der Waals surface area contributed by atoms with E-state index in [0.717, 1.165) is 13.0 Å². The van der Waals surface area contributed by atoms with Crippen LogP contribution >= 0.6 is 15.9 Å². The number of nitrogen functional groups attached to an aromatic ring is 1. The van der Waals surface area contributed by atoms with Gasteiger partial charge in [0.15, 0.2) is 0 Å². The Morgan fingerprint density at radius 1 is 1.25 bits per heavy atom. The average Bonchev–Trinajstić information content (AvgIpc) is 2.15. The van der Waals surface area contributed by atoms with Crippen LogP contribution in [0.4, 0.5) is 23.2 Å². The normalized spacial score (nSPS) is 10.8. The van der Waals surface area contributed by atoms with Crippen LogP contribution in [0.3, 0.4) is 0 Å². The van der Waals surface area contributed by atoms with E-state index in [1.165, 1.54) is 0 Å². The van der Waals surface area contributed by atoms with Crippen LogP contribution < -0.4 is 5.73 Å². The summed E-state index contributed by atoms with van der Waals surface area (Å²) in [4.78, 5) is 0. The summed E-state index contributed by atoms with van der Waals surface area (Å²) in [6.45, 7) is 5.04. The van der Waals surface area contributed by atoms with Gasteiger partial charge in [0, 0.05) is 10.0 Å². The highest BCUT2D eigenvalue weighted by molar-refractivity contribution is 9.10. The van der Waals surface area contributed by atoms with Crippen LogP contribution in [0.25, 0.3) is 0 Å². The summed E-state index contributed by atoms with van der Waals surface area (Å²) in [5, 5.41) is 0. The van der Waals surface area contributed by atoms with Crippen molar-refractivity contribution in [1.82, 2.24) is 0 Å². The minimum Gasteiger partial charge on any atom is -0.396 e. The van der Waals surface area contributed by atoms with E-state index >= 15 is 0 Å². The lowest BCUT2D eigenvalue weighted by Crippen LogP contribution is -2.11. The molecular formula is C10H12BrF4N. The molecule has 0 aromatic heterocycles. The molecule has 1 rings (SSSR count). The zero-order valence-corrected chi connectivity index (χ0v) is 10.6. The van der Waals surface area contributed by atoms with Gasteiger partial charge in [-0.15, -0.1) is 0 Å². The maximum Gasteiger partial charge on any atom is 0.417 e. The van der Waals surface area contributed by atoms with Gasteiger partial charge in [-0.1, -0.05) is 29.8 Å². The average molecular weight is 302 g/mol. The molecule has 0 aliphatic heterocycles. The van der Waals surface area contributed by atoms with Crippen LogP contribution in [-0.4, -0.2) is 0 Å². The molecule has 0 radical (unpaired) electrons. The topological polar surface area (TPSA) is 26.0 Å². The van der Waals surface area contributed by atoms with E-state index in [9.17, 15) is 17.6 Å². The van der Waals surface area contributed by atoms with E-state index in [2.05, 4.69) is 15.9 Å². The number of rotatable bonds is 0. The van der Waals surface area contributed by atoms with Gasteiger partial charge in [0.05, 0.1) is 11.3 Å². The summed E-state index contributed by atoms with van der Waals surface area (Å²) in [5.41, 5.74) is 3.34. The van der Waals surface area contributed by atoms with E-state index in [0.29, 0.717) is 0 Å². The fourth-order valence-electron chi connectivity index (χ4n) is 1.13. The Bertz CT molecular complexity index is 374. The Kier molecular flexibility index (Phi) is 5.25. The summed E-state index contributed by atoms with van der Waals surface area (Å²) >= 11 is 2.70. The highest BCUT2D eigenvalue weighted by atomic mass is 79.9. The van der Waals surface area contributed by atoms with Crippen molar-refractivity contribution in [2.45, 2.75) is 26.9 Å². The maximum absolute atomic E-state index is 13.1. The van der Waals surface area contributed by atoms with Gasteiger partial charge in [0.2, 0.25) is 0 Å². The standard InChI is InChI=1S/C8H6BrF4N.C2H6/c1-3-6(8(11,12)13)4(9)2-5(14)7(3)10;1-2/h2H,14H2,1H3;1-2H3. The second-order valence-corrected chi connectivity index (χ2v) is 3.61. The lowest BCUT2D eigenvalue weighted by atomic mass is 10.1. The molecule has 6 heteroatoms. The van der Waals surface area contributed by atoms with Crippen molar-refractivity contribution in [3.8, 4) is 0 Å². The fraction of sp³-hybridized carbons (Fsp3) is 0.400. The minimum absolute atomic E-state index is 0.249. The van der Waals surface area contributed by atoms with Crippen LogP contribution in [0.15, 0.2) is 10.5 Å². The first-order valence-corrected chi connectivity index (χ1v) is 5.35. The van der Waals surface area contributed by atoms with Gasteiger partial charge in [-0.3, -0.25) is 0 Å². The molecule has 1 nitrogen and oxygen atoms in total. The largest absolute Gasteiger partial charge is 0.417 e. The fourth-order valence-corrected chi connectivity index (χ4v) is 1.89. The van der Waals surface area contributed by atoms with E-state index < -0.39 is 23.1 Å². The van der Waals surface area contributed by atoms with Crippen LogP contribution in [0.1, 0.15) is 25.0 Å². The van der Waals surface area contributed by atoms with Crippen molar-refractivity contribution < 1.29 is 17.6 Å². The van der Waals surface area contributed by atoms with Gasteiger partial charge >= 0.3 is 6.18 Å². The number of anilines is 1. The SMILES string of the molecule is CC.Cc1c(F)c(N)cc(Br)c1C(F)(F)F. The molecule has 0 heterocycles. The summed E-state index contributed by atoms with van der Waals surface area (Å²) < 4.78 is 50.0. The monoisotopic (exact) mass is 301 g/mol. The minimum atomic E-state index is -4.59. The smallest absolute Gasteiger partial charge is 0.396 e. The van der Waals surface area contributed by atoms with E-state index in [4.69, 9.17) is 5.73 Å². The molecule has 0 spiro atoms. The molecule has 0 fully saturated rings. The molecule has 0 saturated carbocycles. The van der Waals surface area contributed by atoms with Crippen LogP contribution in [0.2, 0.25) is 0 Å². The van der Waals surface area contributed by atoms with Gasteiger partial charge in [-0.25, -0.2) is 4.39 Å². The predicted molar refractivity (Wildman–Crippen MR) is 59.6 cm³/mol. The van der Waals surface area contributed by atoms with Gasteiger partial charge in [-0.05, 0) is 13.0 Å². The lowest BCUT2D eigenvalue weighted by Gasteiger charge is -2.14. The second-order valence-electron chi connectivity index (χ2n) is 2.76. The number of hydrogen-bond donors (Lipinski definition) is 1. The summed E-state index contributed by atoms with van der Waals surface area (Å²) in [7, 11) is 0. The second kappa shape index (κ2) is 5.52. The number of halogens is 5. The number of nitrogens with two attached hydrogens (primary N) is 1. The highest BCUT2D eigenvalue weighted by Crippen LogP contribution is 2.39. The Morgan fingerprint density at radius 3 is 2.06 bits per heavy atom. The molecule has 1 aromatic carbocycles. The first-order chi connectivity index (χ1) is 7.25. The highest BCUT2D eigenvalue weighted by Gasteiger charge is 2.36. The first kappa shape index (κ1) is 15.2. The van der Waals surface area contributed by atoms with Crippen LogP contribution in [-0.2, 0) is 6.18 Å². The molecule has 0 unspecified atom stereocenters. The van der Waals surface area contributed by atoms with Crippen molar-refractivity contribution in [2.24, 2.45) is 0 Å². The van der Waals surface area contributed by atoms with Gasteiger partial charge < -0.3 is 5.73 Å². The molecule has 0 aliphatic rings. The number of hydrogen-bond acceptors (Lipinski definition) is 1.